The van der Waals surface area contributed by atoms with Crippen molar-refractivity contribution in [1.82, 2.24) is 10.2 Å². The number of fused-ring (bicyclic) bond motifs is 1. The van der Waals surface area contributed by atoms with Crippen LogP contribution >= 0.6 is 15.9 Å². The highest BCUT2D eigenvalue weighted by Crippen LogP contribution is 2.26. The quantitative estimate of drug-likeness (QED) is 0.653. The zero-order valence-electron chi connectivity index (χ0n) is 17.3. The number of likely N-dealkylation sites (tertiary alicyclic amines) is 1. The Labute approximate surface area is 183 Å². The molecule has 1 N–H and O–H groups in total. The van der Waals surface area contributed by atoms with Crippen LogP contribution in [0.5, 0.6) is 0 Å². The molecule has 4 heteroatoms. The number of nitrogens with zero attached hydrogens (tertiary/aromatic N) is 1. The number of rotatable bonds is 5. The van der Waals surface area contributed by atoms with Crippen LogP contribution in [0.25, 0.3) is 0 Å². The summed E-state index contributed by atoms with van der Waals surface area (Å²) >= 11 is 3.49. The Kier molecular flexibility index (Phi) is 6.71. The van der Waals surface area contributed by atoms with Gasteiger partial charge in [-0.1, -0.05) is 46.3 Å². The molecule has 1 fully saturated rings. The molecule has 4 rings (SSSR count). The zero-order valence-corrected chi connectivity index (χ0v) is 18.9. The summed E-state index contributed by atoms with van der Waals surface area (Å²) < 4.78 is 1.12. The first-order valence-electron chi connectivity index (χ1n) is 11.0. The van der Waals surface area contributed by atoms with Crippen LogP contribution in [-0.2, 0) is 24.2 Å². The molecule has 1 heterocycles. The van der Waals surface area contributed by atoms with Crippen molar-refractivity contribution in [3.05, 3.63) is 69.2 Å². The molecule has 0 bridgehead atoms. The minimum Gasteiger partial charge on any atom is -0.349 e. The van der Waals surface area contributed by atoms with E-state index in [1.165, 1.54) is 47.9 Å². The highest BCUT2D eigenvalue weighted by atomic mass is 79.9. The number of piperidine rings is 1. The summed E-state index contributed by atoms with van der Waals surface area (Å²) in [5.74, 6) is 0.356. The summed E-state index contributed by atoms with van der Waals surface area (Å²) in [6.45, 7) is 5.06. The number of carbonyl (C=O) groups is 1. The predicted molar refractivity (Wildman–Crippen MR) is 122 cm³/mol. The molecule has 0 unspecified atom stereocenters. The van der Waals surface area contributed by atoms with E-state index in [1.807, 2.05) is 0 Å². The SMILES string of the molecule is C[C@@H](NC(=O)C1CCN(Cc2ccc(Br)cc2)CC1)c1ccc2c(c1)CCCC2. The first kappa shape index (κ1) is 20.6. The van der Waals surface area contributed by atoms with Crippen molar-refractivity contribution in [2.75, 3.05) is 13.1 Å². The average Bonchev–Trinajstić information content (AvgIpc) is 2.75. The number of hydrogen-bond donors (Lipinski definition) is 1. The predicted octanol–water partition coefficient (Wildman–Crippen LogP) is 5.42. The van der Waals surface area contributed by atoms with Crippen molar-refractivity contribution in [3.8, 4) is 0 Å². The van der Waals surface area contributed by atoms with Gasteiger partial charge in [-0.15, -0.1) is 0 Å². The molecule has 1 atom stereocenters. The maximum Gasteiger partial charge on any atom is 0.223 e. The Hall–Kier alpha value is -1.65. The van der Waals surface area contributed by atoms with Gasteiger partial charge in [0.2, 0.25) is 5.91 Å². The van der Waals surface area contributed by atoms with Gasteiger partial charge in [-0.2, -0.15) is 0 Å². The molecule has 2 aromatic carbocycles. The van der Waals surface area contributed by atoms with E-state index in [2.05, 4.69) is 75.5 Å². The maximum atomic E-state index is 12.8. The summed E-state index contributed by atoms with van der Waals surface area (Å²) in [5, 5.41) is 3.28. The summed E-state index contributed by atoms with van der Waals surface area (Å²) in [5.41, 5.74) is 5.55. The Balaban J connectivity index is 1.27. The first-order valence-corrected chi connectivity index (χ1v) is 11.8. The monoisotopic (exact) mass is 454 g/mol. The van der Waals surface area contributed by atoms with Crippen LogP contribution in [0, 0.1) is 5.92 Å². The number of hydrogen-bond acceptors (Lipinski definition) is 2. The number of aryl methyl sites for hydroxylation is 2. The lowest BCUT2D eigenvalue weighted by Crippen LogP contribution is -2.40. The molecule has 1 amide bonds. The molecular formula is C25H31BrN2O. The molecule has 3 nitrogen and oxygen atoms in total. The summed E-state index contributed by atoms with van der Waals surface area (Å²) in [4.78, 5) is 15.3. The van der Waals surface area contributed by atoms with E-state index in [0.29, 0.717) is 0 Å². The van der Waals surface area contributed by atoms with Crippen molar-refractivity contribution in [2.24, 2.45) is 5.92 Å². The Bertz CT molecular complexity index is 840. The largest absolute Gasteiger partial charge is 0.349 e. The number of nitrogens with one attached hydrogen (secondary N) is 1. The molecule has 0 aromatic heterocycles. The number of halogens is 1. The molecule has 1 saturated heterocycles. The second-order valence-corrected chi connectivity index (χ2v) is 9.56. The highest BCUT2D eigenvalue weighted by Gasteiger charge is 2.26. The number of amides is 1. The van der Waals surface area contributed by atoms with E-state index in [-0.39, 0.29) is 17.9 Å². The van der Waals surface area contributed by atoms with Crippen LogP contribution in [0.15, 0.2) is 46.9 Å². The second-order valence-electron chi connectivity index (χ2n) is 8.64. The standard InChI is InChI=1S/C25H31BrN2O/c1-18(22-9-8-20-4-2-3-5-23(20)16-22)27-25(29)21-12-14-28(15-13-21)17-19-6-10-24(26)11-7-19/h6-11,16,18,21H,2-5,12-15,17H2,1H3,(H,27,29)/t18-/m1/s1. The molecule has 1 aliphatic carbocycles. The van der Waals surface area contributed by atoms with Gasteiger partial charge in [0, 0.05) is 16.9 Å². The zero-order chi connectivity index (χ0) is 20.2. The van der Waals surface area contributed by atoms with Gasteiger partial charge in [0.25, 0.3) is 0 Å². The third-order valence-electron chi connectivity index (χ3n) is 6.51. The molecular weight excluding hydrogens is 424 g/mol. The molecule has 2 aliphatic rings. The van der Waals surface area contributed by atoms with E-state index in [1.54, 1.807) is 0 Å². The van der Waals surface area contributed by atoms with E-state index in [0.717, 1.165) is 36.9 Å². The van der Waals surface area contributed by atoms with Crippen molar-refractivity contribution in [2.45, 2.75) is 58.0 Å². The molecule has 154 valence electrons. The fourth-order valence-corrected chi connectivity index (χ4v) is 4.90. The minimum atomic E-state index is 0.0792. The van der Waals surface area contributed by atoms with Crippen LogP contribution < -0.4 is 5.32 Å². The summed E-state index contributed by atoms with van der Waals surface area (Å²) in [6.07, 6.45) is 6.86. The Morgan fingerprint density at radius 3 is 2.48 bits per heavy atom. The van der Waals surface area contributed by atoms with Gasteiger partial charge >= 0.3 is 0 Å². The van der Waals surface area contributed by atoms with Gasteiger partial charge in [0.1, 0.15) is 0 Å². The first-order chi connectivity index (χ1) is 14.1. The normalized spacial score (nSPS) is 18.8. The molecule has 0 radical (unpaired) electrons. The fraction of sp³-hybridized carbons (Fsp3) is 0.480. The van der Waals surface area contributed by atoms with Gasteiger partial charge in [0.05, 0.1) is 6.04 Å². The van der Waals surface area contributed by atoms with Crippen LogP contribution in [0.2, 0.25) is 0 Å². The molecule has 29 heavy (non-hydrogen) atoms. The lowest BCUT2D eigenvalue weighted by Gasteiger charge is -2.32. The van der Waals surface area contributed by atoms with Crippen LogP contribution in [0.3, 0.4) is 0 Å². The smallest absolute Gasteiger partial charge is 0.223 e. The topological polar surface area (TPSA) is 32.3 Å². The van der Waals surface area contributed by atoms with Crippen molar-refractivity contribution in [1.29, 1.82) is 0 Å². The van der Waals surface area contributed by atoms with Crippen LogP contribution in [0.1, 0.15) is 60.9 Å². The lowest BCUT2D eigenvalue weighted by molar-refractivity contribution is -0.127. The Morgan fingerprint density at radius 1 is 1.07 bits per heavy atom. The van der Waals surface area contributed by atoms with E-state index in [4.69, 9.17) is 0 Å². The van der Waals surface area contributed by atoms with Gasteiger partial charge in [-0.05, 0) is 92.9 Å². The van der Waals surface area contributed by atoms with Crippen LogP contribution in [0.4, 0.5) is 0 Å². The van der Waals surface area contributed by atoms with Gasteiger partial charge in [0.15, 0.2) is 0 Å². The Morgan fingerprint density at radius 2 is 1.76 bits per heavy atom. The molecule has 1 aliphatic heterocycles. The van der Waals surface area contributed by atoms with E-state index >= 15 is 0 Å². The fourth-order valence-electron chi connectivity index (χ4n) is 4.64. The van der Waals surface area contributed by atoms with Gasteiger partial charge in [-0.25, -0.2) is 0 Å². The third kappa shape index (κ3) is 5.29. The summed E-state index contributed by atoms with van der Waals surface area (Å²) in [7, 11) is 0. The molecule has 0 saturated carbocycles. The highest BCUT2D eigenvalue weighted by molar-refractivity contribution is 9.10. The average molecular weight is 455 g/mol. The lowest BCUT2D eigenvalue weighted by atomic mass is 9.89. The van der Waals surface area contributed by atoms with Crippen molar-refractivity contribution >= 4 is 21.8 Å². The number of benzene rings is 2. The minimum absolute atomic E-state index is 0.0792. The van der Waals surface area contributed by atoms with Gasteiger partial charge in [-0.3, -0.25) is 9.69 Å². The molecule has 0 spiro atoms. The summed E-state index contributed by atoms with van der Waals surface area (Å²) in [6, 6.07) is 15.4. The second kappa shape index (κ2) is 9.44. The van der Waals surface area contributed by atoms with Crippen molar-refractivity contribution in [3.63, 3.8) is 0 Å². The molecule has 2 aromatic rings. The number of carbonyl (C=O) groups excluding carboxylic acids is 1. The maximum absolute atomic E-state index is 12.8. The van der Waals surface area contributed by atoms with E-state index < -0.39 is 0 Å². The van der Waals surface area contributed by atoms with Crippen molar-refractivity contribution < 1.29 is 4.79 Å². The van der Waals surface area contributed by atoms with E-state index in [9.17, 15) is 4.79 Å². The van der Waals surface area contributed by atoms with Crippen LogP contribution in [-0.4, -0.2) is 23.9 Å². The third-order valence-corrected chi connectivity index (χ3v) is 7.04. The van der Waals surface area contributed by atoms with Gasteiger partial charge < -0.3 is 5.32 Å².